The fourth-order valence-corrected chi connectivity index (χ4v) is 2.11. The zero-order chi connectivity index (χ0) is 14.2. The molecule has 0 saturated carbocycles. The molecule has 0 atom stereocenters. The van der Waals surface area contributed by atoms with Gasteiger partial charge in [0.05, 0.1) is 10.0 Å². The summed E-state index contributed by atoms with van der Waals surface area (Å²) in [6.45, 7) is 1.72. The van der Waals surface area contributed by atoms with Crippen LogP contribution in [0.4, 0.5) is 8.78 Å². The minimum atomic E-state index is -0.905. The Morgan fingerprint density at radius 2 is 1.89 bits per heavy atom. The van der Waals surface area contributed by atoms with E-state index >= 15 is 0 Å². The molecule has 0 heterocycles. The second-order valence-electron chi connectivity index (χ2n) is 4.01. The van der Waals surface area contributed by atoms with Crippen LogP contribution in [0.1, 0.15) is 21.5 Å². The molecule has 0 fully saturated rings. The van der Waals surface area contributed by atoms with Crippen LogP contribution >= 0.6 is 27.5 Å². The van der Waals surface area contributed by atoms with Crippen molar-refractivity contribution < 1.29 is 13.6 Å². The predicted molar refractivity (Wildman–Crippen MR) is 73.7 cm³/mol. The van der Waals surface area contributed by atoms with E-state index in [2.05, 4.69) is 15.9 Å². The van der Waals surface area contributed by atoms with Gasteiger partial charge in [-0.1, -0.05) is 11.6 Å². The Morgan fingerprint density at radius 3 is 2.53 bits per heavy atom. The number of rotatable bonds is 2. The summed E-state index contributed by atoms with van der Waals surface area (Å²) in [5, 5.41) is 0.492. The van der Waals surface area contributed by atoms with Crippen molar-refractivity contribution in [3.63, 3.8) is 0 Å². The van der Waals surface area contributed by atoms with Crippen molar-refractivity contribution in [1.82, 2.24) is 0 Å². The van der Waals surface area contributed by atoms with Gasteiger partial charge in [-0.3, -0.25) is 4.79 Å². The summed E-state index contributed by atoms with van der Waals surface area (Å²) in [5.74, 6) is -2.51. The van der Waals surface area contributed by atoms with Crippen molar-refractivity contribution in [1.29, 1.82) is 0 Å². The first kappa shape index (κ1) is 14.2. The molecule has 0 radical (unpaired) electrons. The fourth-order valence-electron chi connectivity index (χ4n) is 1.67. The number of halogens is 4. The number of benzene rings is 2. The summed E-state index contributed by atoms with van der Waals surface area (Å²) in [7, 11) is 0. The van der Waals surface area contributed by atoms with E-state index in [1.54, 1.807) is 6.92 Å². The van der Waals surface area contributed by atoms with Gasteiger partial charge in [0.25, 0.3) is 0 Å². The van der Waals surface area contributed by atoms with Crippen LogP contribution in [0.5, 0.6) is 0 Å². The molecule has 2 aromatic carbocycles. The maximum Gasteiger partial charge on any atom is 0.198 e. The van der Waals surface area contributed by atoms with Crippen LogP contribution < -0.4 is 0 Å². The second-order valence-corrected chi connectivity index (χ2v) is 5.27. The van der Waals surface area contributed by atoms with Gasteiger partial charge < -0.3 is 0 Å². The van der Waals surface area contributed by atoms with Gasteiger partial charge in [0.2, 0.25) is 0 Å². The number of carbonyl (C=O) groups is 1. The lowest BCUT2D eigenvalue weighted by molar-refractivity contribution is 0.103. The van der Waals surface area contributed by atoms with Crippen LogP contribution in [-0.4, -0.2) is 5.78 Å². The highest BCUT2D eigenvalue weighted by atomic mass is 79.9. The molecule has 0 amide bonds. The quantitative estimate of drug-likeness (QED) is 0.558. The first-order valence-corrected chi connectivity index (χ1v) is 6.53. The van der Waals surface area contributed by atoms with Crippen molar-refractivity contribution in [2.24, 2.45) is 0 Å². The number of ketones is 1. The van der Waals surface area contributed by atoms with Crippen LogP contribution in [0.3, 0.4) is 0 Å². The number of hydrogen-bond acceptors (Lipinski definition) is 1. The number of aryl methyl sites for hydroxylation is 1. The molecule has 0 aromatic heterocycles. The van der Waals surface area contributed by atoms with Gasteiger partial charge in [0, 0.05) is 10.6 Å². The van der Waals surface area contributed by atoms with E-state index < -0.39 is 23.0 Å². The zero-order valence-corrected chi connectivity index (χ0v) is 12.1. The molecule has 98 valence electrons. The molecular weight excluding hydrogens is 338 g/mol. The van der Waals surface area contributed by atoms with Gasteiger partial charge in [-0.25, -0.2) is 8.78 Å². The Hall–Kier alpha value is -1.26. The summed E-state index contributed by atoms with van der Waals surface area (Å²) in [6, 6.07) is 6.73. The third-order valence-corrected chi connectivity index (χ3v) is 3.73. The Morgan fingerprint density at radius 1 is 1.21 bits per heavy atom. The van der Waals surface area contributed by atoms with E-state index in [0.29, 0.717) is 10.6 Å². The molecule has 1 nitrogen and oxygen atoms in total. The smallest absolute Gasteiger partial charge is 0.198 e. The molecule has 19 heavy (non-hydrogen) atoms. The molecule has 0 bridgehead atoms. The molecule has 0 aliphatic heterocycles. The van der Waals surface area contributed by atoms with Gasteiger partial charge in [-0.05, 0) is 58.7 Å². The highest BCUT2D eigenvalue weighted by Gasteiger charge is 2.21. The van der Waals surface area contributed by atoms with E-state index in [4.69, 9.17) is 11.6 Å². The van der Waals surface area contributed by atoms with Crippen LogP contribution in [0, 0.1) is 18.6 Å². The lowest BCUT2D eigenvalue weighted by Gasteiger charge is -2.07. The average molecular weight is 346 g/mol. The number of hydrogen-bond donors (Lipinski definition) is 0. The summed E-state index contributed by atoms with van der Waals surface area (Å²) < 4.78 is 27.5. The molecule has 5 heteroatoms. The molecule has 0 aliphatic carbocycles. The topological polar surface area (TPSA) is 17.1 Å². The highest BCUT2D eigenvalue weighted by molar-refractivity contribution is 9.10. The van der Waals surface area contributed by atoms with E-state index in [1.807, 2.05) is 0 Å². The number of carbonyl (C=O) groups excluding carboxylic acids is 1. The van der Waals surface area contributed by atoms with Crippen molar-refractivity contribution in [2.45, 2.75) is 6.92 Å². The summed E-state index contributed by atoms with van der Waals surface area (Å²) >= 11 is 8.78. The van der Waals surface area contributed by atoms with Gasteiger partial charge in [0.1, 0.15) is 5.82 Å². The maximum atomic E-state index is 13.8. The van der Waals surface area contributed by atoms with Crippen molar-refractivity contribution in [2.75, 3.05) is 0 Å². The monoisotopic (exact) mass is 344 g/mol. The summed E-state index contributed by atoms with van der Waals surface area (Å²) in [4.78, 5) is 12.2. The minimum Gasteiger partial charge on any atom is -0.288 e. The van der Waals surface area contributed by atoms with Crippen molar-refractivity contribution >= 4 is 33.3 Å². The molecule has 0 spiro atoms. The Labute approximate surface area is 122 Å². The Bertz CT molecular complexity index is 671. The molecule has 2 rings (SSSR count). The third-order valence-electron chi connectivity index (χ3n) is 2.69. The van der Waals surface area contributed by atoms with Crippen LogP contribution in [0.15, 0.2) is 34.8 Å². The lowest BCUT2D eigenvalue weighted by atomic mass is 10.0. The Kier molecular flexibility index (Phi) is 4.02. The third kappa shape index (κ3) is 2.69. The predicted octanol–water partition coefficient (Wildman–Crippen LogP) is 4.92. The van der Waals surface area contributed by atoms with Crippen molar-refractivity contribution in [3.8, 4) is 0 Å². The standard InChI is InChI=1S/C14H8BrClF2O/c1-7-6-8(2-4-10(7)16)14(19)12-11(17)5-3-9(15)13(12)18/h2-6H,1H3. The van der Waals surface area contributed by atoms with Crippen LogP contribution in [0.25, 0.3) is 0 Å². The molecule has 0 unspecified atom stereocenters. The Balaban J connectivity index is 2.56. The van der Waals surface area contributed by atoms with E-state index in [-0.39, 0.29) is 10.0 Å². The van der Waals surface area contributed by atoms with Gasteiger partial charge in [-0.15, -0.1) is 0 Å². The average Bonchev–Trinajstić information content (AvgIpc) is 2.37. The first-order valence-electron chi connectivity index (χ1n) is 5.36. The first-order chi connectivity index (χ1) is 8.91. The largest absolute Gasteiger partial charge is 0.288 e. The summed E-state index contributed by atoms with van der Waals surface area (Å²) in [6.07, 6.45) is 0. The normalized spacial score (nSPS) is 10.6. The highest BCUT2D eigenvalue weighted by Crippen LogP contribution is 2.25. The van der Waals surface area contributed by atoms with Gasteiger partial charge >= 0.3 is 0 Å². The van der Waals surface area contributed by atoms with E-state index in [9.17, 15) is 13.6 Å². The molecule has 0 N–H and O–H groups in total. The van der Waals surface area contributed by atoms with Gasteiger partial charge in [-0.2, -0.15) is 0 Å². The molecule has 0 aliphatic rings. The van der Waals surface area contributed by atoms with E-state index in [1.165, 1.54) is 24.3 Å². The molecule has 0 saturated heterocycles. The SMILES string of the molecule is Cc1cc(C(=O)c2c(F)ccc(Br)c2F)ccc1Cl. The van der Waals surface area contributed by atoms with Crippen LogP contribution in [-0.2, 0) is 0 Å². The molecular formula is C14H8BrClF2O. The van der Waals surface area contributed by atoms with Crippen molar-refractivity contribution in [3.05, 3.63) is 68.2 Å². The van der Waals surface area contributed by atoms with Crippen LogP contribution in [0.2, 0.25) is 5.02 Å². The summed E-state index contributed by atoms with van der Waals surface area (Å²) in [5.41, 5.74) is 0.289. The second kappa shape index (κ2) is 5.39. The zero-order valence-electron chi connectivity index (χ0n) is 9.81. The fraction of sp³-hybridized carbons (Fsp3) is 0.0714. The maximum absolute atomic E-state index is 13.8. The minimum absolute atomic E-state index is 0.0444. The van der Waals surface area contributed by atoms with E-state index in [0.717, 1.165) is 6.07 Å². The molecule has 2 aromatic rings. The lowest BCUT2D eigenvalue weighted by Crippen LogP contribution is -2.08. The van der Waals surface area contributed by atoms with Gasteiger partial charge in [0.15, 0.2) is 11.6 Å².